The largest absolute Gasteiger partial charge is 0.465 e. The van der Waals surface area contributed by atoms with E-state index in [9.17, 15) is 9.59 Å². The molecule has 29 heavy (non-hydrogen) atoms. The summed E-state index contributed by atoms with van der Waals surface area (Å²) in [4.78, 5) is 24.5. The highest BCUT2D eigenvalue weighted by molar-refractivity contribution is 5.73. The van der Waals surface area contributed by atoms with Crippen LogP contribution in [0.2, 0.25) is 0 Å². The summed E-state index contributed by atoms with van der Waals surface area (Å²) in [7, 11) is 0. The van der Waals surface area contributed by atoms with Crippen LogP contribution in [0.4, 0.5) is 0 Å². The minimum Gasteiger partial charge on any atom is -0.465 e. The van der Waals surface area contributed by atoms with E-state index in [1.807, 2.05) is 88.4 Å². The monoisotopic (exact) mass is 396 g/mol. The van der Waals surface area contributed by atoms with Crippen molar-refractivity contribution >= 4 is 11.9 Å². The van der Waals surface area contributed by atoms with Crippen LogP contribution in [0.5, 0.6) is 0 Å². The van der Waals surface area contributed by atoms with E-state index in [0.717, 1.165) is 11.1 Å². The third-order valence-corrected chi connectivity index (χ3v) is 5.33. The van der Waals surface area contributed by atoms with Crippen molar-refractivity contribution in [3.05, 3.63) is 71.8 Å². The van der Waals surface area contributed by atoms with Gasteiger partial charge in [0, 0.05) is 5.92 Å². The predicted octanol–water partition coefficient (Wildman–Crippen LogP) is 5.34. The van der Waals surface area contributed by atoms with Gasteiger partial charge in [-0.2, -0.15) is 0 Å². The first-order valence-electron chi connectivity index (χ1n) is 10.3. The minimum atomic E-state index is -0.237. The third-order valence-electron chi connectivity index (χ3n) is 5.33. The average Bonchev–Trinajstić information content (AvgIpc) is 2.76. The molecule has 0 bridgehead atoms. The highest BCUT2D eigenvalue weighted by Crippen LogP contribution is 2.25. The van der Waals surface area contributed by atoms with Crippen LogP contribution in [0.3, 0.4) is 0 Å². The van der Waals surface area contributed by atoms with Crippen molar-refractivity contribution < 1.29 is 19.1 Å². The SMILES string of the molecule is CC(COC(=O)CC(C)c1ccccc1)COC(=O)C(C)C(C)c1ccccc1. The van der Waals surface area contributed by atoms with Crippen LogP contribution >= 0.6 is 0 Å². The van der Waals surface area contributed by atoms with Gasteiger partial charge in [-0.1, -0.05) is 88.4 Å². The van der Waals surface area contributed by atoms with E-state index < -0.39 is 0 Å². The zero-order chi connectivity index (χ0) is 21.2. The molecule has 2 aromatic rings. The standard InChI is InChI=1S/C25H32O4/c1-18(16-28-24(26)15-19(2)22-11-7-5-8-12-22)17-29-25(27)21(4)20(3)23-13-9-6-10-14-23/h5-14,18-21H,15-17H2,1-4H3. The minimum absolute atomic E-state index is 0.0471. The summed E-state index contributed by atoms with van der Waals surface area (Å²) >= 11 is 0. The number of rotatable bonds is 10. The first-order chi connectivity index (χ1) is 13.9. The molecule has 0 spiro atoms. The van der Waals surface area contributed by atoms with Crippen LogP contribution in [0, 0.1) is 11.8 Å². The van der Waals surface area contributed by atoms with Gasteiger partial charge in [0.05, 0.1) is 25.6 Å². The maximum atomic E-state index is 12.4. The second kappa shape index (κ2) is 11.4. The van der Waals surface area contributed by atoms with Gasteiger partial charge in [-0.15, -0.1) is 0 Å². The molecule has 4 nitrogen and oxygen atoms in total. The fourth-order valence-corrected chi connectivity index (χ4v) is 3.10. The van der Waals surface area contributed by atoms with Gasteiger partial charge in [0.15, 0.2) is 0 Å². The maximum absolute atomic E-state index is 12.4. The molecule has 0 saturated heterocycles. The van der Waals surface area contributed by atoms with Gasteiger partial charge in [0.1, 0.15) is 0 Å². The molecule has 0 heterocycles. The zero-order valence-electron chi connectivity index (χ0n) is 17.8. The van der Waals surface area contributed by atoms with Gasteiger partial charge in [-0.3, -0.25) is 9.59 Å². The Bertz CT molecular complexity index is 757. The highest BCUT2D eigenvalue weighted by Gasteiger charge is 2.23. The summed E-state index contributed by atoms with van der Waals surface area (Å²) in [5.41, 5.74) is 2.24. The lowest BCUT2D eigenvalue weighted by Gasteiger charge is -2.20. The summed E-state index contributed by atoms with van der Waals surface area (Å²) < 4.78 is 10.8. The second-order valence-corrected chi connectivity index (χ2v) is 7.92. The van der Waals surface area contributed by atoms with Crippen molar-refractivity contribution in [3.63, 3.8) is 0 Å². The van der Waals surface area contributed by atoms with Crippen LogP contribution < -0.4 is 0 Å². The molecule has 0 radical (unpaired) electrons. The maximum Gasteiger partial charge on any atom is 0.309 e. The van der Waals surface area contributed by atoms with Crippen LogP contribution in [-0.4, -0.2) is 25.2 Å². The van der Waals surface area contributed by atoms with Crippen molar-refractivity contribution in [2.75, 3.05) is 13.2 Å². The normalized spacial score (nSPS) is 15.0. The summed E-state index contributed by atoms with van der Waals surface area (Å²) in [6.07, 6.45) is 0.335. The Kier molecular flexibility index (Phi) is 8.91. The fourth-order valence-electron chi connectivity index (χ4n) is 3.10. The van der Waals surface area contributed by atoms with Gasteiger partial charge in [0.2, 0.25) is 0 Å². The number of carbonyl (C=O) groups is 2. The lowest BCUT2D eigenvalue weighted by molar-refractivity contribution is -0.152. The Hall–Kier alpha value is -2.62. The number of carbonyl (C=O) groups excluding carboxylic acids is 2. The van der Waals surface area contributed by atoms with Crippen LogP contribution in [0.25, 0.3) is 0 Å². The Morgan fingerprint density at radius 1 is 0.759 bits per heavy atom. The first-order valence-corrected chi connectivity index (χ1v) is 10.3. The van der Waals surface area contributed by atoms with E-state index in [-0.39, 0.29) is 48.8 Å². The Morgan fingerprint density at radius 3 is 1.86 bits per heavy atom. The summed E-state index contributed by atoms with van der Waals surface area (Å²) in [6, 6.07) is 19.9. The second-order valence-electron chi connectivity index (χ2n) is 7.92. The quantitative estimate of drug-likeness (QED) is 0.509. The molecule has 0 aliphatic heterocycles. The van der Waals surface area contributed by atoms with E-state index in [2.05, 4.69) is 0 Å². The van der Waals surface area contributed by atoms with Crippen molar-refractivity contribution in [1.29, 1.82) is 0 Å². The van der Waals surface area contributed by atoms with Crippen LogP contribution in [-0.2, 0) is 19.1 Å². The molecule has 0 aliphatic carbocycles. The predicted molar refractivity (Wildman–Crippen MR) is 115 cm³/mol. The molecule has 0 aromatic heterocycles. The van der Waals surface area contributed by atoms with Gasteiger partial charge >= 0.3 is 11.9 Å². The highest BCUT2D eigenvalue weighted by atomic mass is 16.5. The van der Waals surface area contributed by atoms with Crippen molar-refractivity contribution in [1.82, 2.24) is 0 Å². The molecule has 156 valence electrons. The van der Waals surface area contributed by atoms with Crippen molar-refractivity contribution in [2.24, 2.45) is 11.8 Å². The molecule has 0 fully saturated rings. The van der Waals surface area contributed by atoms with Crippen molar-refractivity contribution in [3.8, 4) is 0 Å². The summed E-state index contributed by atoms with van der Waals surface area (Å²) in [5, 5.41) is 0. The molecule has 4 heteroatoms. The lowest BCUT2D eigenvalue weighted by atomic mass is 9.89. The number of hydrogen-bond acceptors (Lipinski definition) is 4. The Labute approximate surface area is 174 Å². The topological polar surface area (TPSA) is 52.6 Å². The molecule has 2 rings (SSSR count). The van der Waals surface area contributed by atoms with Crippen LogP contribution in [0.15, 0.2) is 60.7 Å². The Balaban J connectivity index is 1.70. The zero-order valence-corrected chi connectivity index (χ0v) is 17.8. The number of ether oxygens (including phenoxy) is 2. The smallest absolute Gasteiger partial charge is 0.309 e. The molecule has 4 atom stereocenters. The number of esters is 2. The molecule has 0 N–H and O–H groups in total. The number of benzene rings is 2. The molecular formula is C25H32O4. The van der Waals surface area contributed by atoms with Crippen LogP contribution in [0.1, 0.15) is 57.1 Å². The lowest BCUT2D eigenvalue weighted by Crippen LogP contribution is -2.24. The van der Waals surface area contributed by atoms with Gasteiger partial charge in [0.25, 0.3) is 0 Å². The number of hydrogen-bond donors (Lipinski definition) is 0. The third kappa shape index (κ3) is 7.37. The summed E-state index contributed by atoms with van der Waals surface area (Å²) in [6.45, 7) is 8.32. The molecule has 2 aromatic carbocycles. The van der Waals surface area contributed by atoms with E-state index in [0.29, 0.717) is 6.42 Å². The molecule has 0 amide bonds. The average molecular weight is 397 g/mol. The molecule has 0 saturated carbocycles. The van der Waals surface area contributed by atoms with E-state index in [1.54, 1.807) is 0 Å². The van der Waals surface area contributed by atoms with E-state index in [4.69, 9.17) is 9.47 Å². The van der Waals surface area contributed by atoms with E-state index >= 15 is 0 Å². The fraction of sp³-hybridized carbons (Fsp3) is 0.440. The summed E-state index contributed by atoms with van der Waals surface area (Å²) in [5.74, 6) is -0.552. The molecule has 0 aliphatic rings. The van der Waals surface area contributed by atoms with Gasteiger partial charge < -0.3 is 9.47 Å². The van der Waals surface area contributed by atoms with Gasteiger partial charge in [-0.05, 0) is 23.0 Å². The molecular weight excluding hydrogens is 364 g/mol. The van der Waals surface area contributed by atoms with Gasteiger partial charge in [-0.25, -0.2) is 0 Å². The first kappa shape index (κ1) is 22.7. The Morgan fingerprint density at radius 2 is 1.28 bits per heavy atom. The van der Waals surface area contributed by atoms with Crippen molar-refractivity contribution in [2.45, 2.75) is 46.0 Å². The molecule has 4 unspecified atom stereocenters. The van der Waals surface area contributed by atoms with E-state index in [1.165, 1.54) is 0 Å².